The average molecular weight is 872 g/mol. The number of hydrogen-bond acceptors (Lipinski definition) is 12. The molecule has 0 amide bonds. The lowest BCUT2D eigenvalue weighted by molar-refractivity contribution is -0.172. The first kappa shape index (κ1) is 42.4. The number of aromatic hydroxyl groups is 1. The van der Waals surface area contributed by atoms with Gasteiger partial charge in [0.15, 0.2) is 6.61 Å². The van der Waals surface area contributed by atoms with Crippen molar-refractivity contribution in [1.29, 1.82) is 0 Å². The SMILES string of the molecule is CCN(CC)Cc1c(O)ccc2nc3c(cc12)Cn1c-3cc2c(c1=O)COC(=O)[C@H]2OC(=O)COc1ccc(C(=O)O[C@@H]2CC[C@@]3(C)C(CCC4C3CC[C@]3(C)C(=O)CCC43)C2)cc1. The molecule has 1 N–H and O–H groups in total. The van der Waals surface area contributed by atoms with Crippen LogP contribution in [0.5, 0.6) is 11.5 Å². The van der Waals surface area contributed by atoms with Gasteiger partial charge in [-0.25, -0.2) is 19.4 Å². The second-order valence-corrected chi connectivity index (χ2v) is 19.6. The molecular weight excluding hydrogens is 815 g/mol. The molecule has 13 nitrogen and oxygen atoms in total. The van der Waals surface area contributed by atoms with Gasteiger partial charge in [0.25, 0.3) is 5.56 Å². The Kier molecular flexibility index (Phi) is 10.7. The van der Waals surface area contributed by atoms with Crippen LogP contribution in [0.15, 0.2) is 53.3 Å². The van der Waals surface area contributed by atoms with E-state index in [1.54, 1.807) is 47.0 Å². The van der Waals surface area contributed by atoms with Gasteiger partial charge in [-0.05, 0) is 142 Å². The fraction of sp³-hybridized carbons (Fsp3) is 0.529. The lowest BCUT2D eigenvalue weighted by Gasteiger charge is -2.60. The molecule has 0 bridgehead atoms. The van der Waals surface area contributed by atoms with E-state index < -0.39 is 30.6 Å². The number of nitrogens with zero attached hydrogens (tertiary/aromatic N) is 3. The fourth-order valence-corrected chi connectivity index (χ4v) is 12.9. The van der Waals surface area contributed by atoms with E-state index in [1.165, 1.54) is 0 Å². The maximum absolute atomic E-state index is 13.9. The van der Waals surface area contributed by atoms with Crippen LogP contribution in [-0.4, -0.2) is 69.0 Å². The number of fused-ring (bicyclic) bond motifs is 10. The topological polar surface area (TPSA) is 164 Å². The van der Waals surface area contributed by atoms with Crippen molar-refractivity contribution < 1.29 is 43.2 Å². The first-order chi connectivity index (χ1) is 30.8. The molecule has 0 radical (unpaired) electrons. The summed E-state index contributed by atoms with van der Waals surface area (Å²) in [6.45, 7) is 10.4. The van der Waals surface area contributed by atoms with Crippen molar-refractivity contribution in [3.8, 4) is 22.9 Å². The van der Waals surface area contributed by atoms with Crippen LogP contribution < -0.4 is 10.3 Å². The predicted molar refractivity (Wildman–Crippen MR) is 235 cm³/mol. The number of ether oxygens (including phenoxy) is 4. The highest BCUT2D eigenvalue weighted by atomic mass is 16.6. The summed E-state index contributed by atoms with van der Waals surface area (Å²) in [4.78, 5) is 73.5. The third kappa shape index (κ3) is 7.00. The van der Waals surface area contributed by atoms with E-state index in [0.29, 0.717) is 64.2 Å². The number of rotatable bonds is 10. The Morgan fingerprint density at radius 2 is 1.73 bits per heavy atom. The molecule has 0 saturated heterocycles. The van der Waals surface area contributed by atoms with Crippen molar-refractivity contribution in [3.63, 3.8) is 0 Å². The first-order valence-electron chi connectivity index (χ1n) is 23.3. The Balaban J connectivity index is 0.769. The molecule has 0 spiro atoms. The minimum atomic E-state index is -1.48. The number of hydrogen-bond donors (Lipinski definition) is 1. The number of phenolic OH excluding ortho intramolecular Hbond substituents is 1. The van der Waals surface area contributed by atoms with Gasteiger partial charge in [0.05, 0.1) is 34.6 Å². The number of carbonyl (C=O) groups excluding carboxylic acids is 4. The van der Waals surface area contributed by atoms with Gasteiger partial charge < -0.3 is 28.6 Å². The number of Topliss-reactive ketones (excluding diaryl/α,β-unsaturated/α-hetero) is 1. The lowest BCUT2D eigenvalue weighted by Crippen LogP contribution is -2.54. The molecule has 4 heterocycles. The van der Waals surface area contributed by atoms with Crippen LogP contribution in [0.1, 0.15) is 124 Å². The third-order valence-corrected chi connectivity index (χ3v) is 16.6. The van der Waals surface area contributed by atoms with Crippen molar-refractivity contribution in [1.82, 2.24) is 14.5 Å². The normalized spacial score (nSPS) is 28.9. The van der Waals surface area contributed by atoms with E-state index in [4.69, 9.17) is 23.9 Å². The molecule has 4 aromatic rings. The molecule has 8 atom stereocenters. The number of aromatic nitrogens is 2. The van der Waals surface area contributed by atoms with Gasteiger partial charge in [-0.15, -0.1) is 0 Å². The molecular formula is C51H57N3O10. The van der Waals surface area contributed by atoms with Crippen molar-refractivity contribution in [2.24, 2.45) is 34.5 Å². The standard InChI is InChI=1S/C51H57N3O10/c1-5-53(6-2)25-36-34-21-29-24-54-41(45(29)52-40(34)14-15-42(36)55)23-35-37(47(54)58)26-62-49(60)46(35)64-44(57)27-61-31-10-7-28(8-11-31)48(59)63-32-17-19-50(3)30(22-32)9-12-33-38-13-16-43(56)51(38,4)20-18-39(33)50/h7-8,10-11,14-15,21,23,30,32-33,38-39,46,55H,5-6,9,12-13,16-20,22,24-27H2,1-4H3/t30?,32-,33?,38?,39?,46+,50+,51+/m1/s1. The van der Waals surface area contributed by atoms with Crippen LogP contribution >= 0.6 is 0 Å². The van der Waals surface area contributed by atoms with Crippen LogP contribution in [0.4, 0.5) is 0 Å². The van der Waals surface area contributed by atoms with Gasteiger partial charge in [0.2, 0.25) is 6.10 Å². The summed E-state index contributed by atoms with van der Waals surface area (Å²) >= 11 is 0. The molecule has 6 aliphatic rings. The van der Waals surface area contributed by atoms with Gasteiger partial charge in [-0.3, -0.25) is 14.5 Å². The Labute approximate surface area is 372 Å². The Morgan fingerprint density at radius 1 is 0.938 bits per heavy atom. The van der Waals surface area contributed by atoms with Gasteiger partial charge in [0.1, 0.15) is 30.0 Å². The zero-order valence-electron chi connectivity index (χ0n) is 37.2. The summed E-state index contributed by atoms with van der Waals surface area (Å²) in [5, 5.41) is 11.6. The molecule has 10 rings (SSSR count). The van der Waals surface area contributed by atoms with E-state index in [-0.39, 0.29) is 52.5 Å². The summed E-state index contributed by atoms with van der Waals surface area (Å²) in [6.07, 6.45) is 7.26. The molecule has 4 fully saturated rings. The summed E-state index contributed by atoms with van der Waals surface area (Å²) < 4.78 is 24.4. The van der Waals surface area contributed by atoms with Crippen LogP contribution in [0.2, 0.25) is 0 Å². The van der Waals surface area contributed by atoms with Crippen LogP contribution in [0.25, 0.3) is 22.3 Å². The smallest absolute Gasteiger partial charge is 0.352 e. The van der Waals surface area contributed by atoms with Crippen molar-refractivity contribution in [3.05, 3.63) is 86.7 Å². The van der Waals surface area contributed by atoms with E-state index in [1.807, 2.05) is 6.07 Å². The van der Waals surface area contributed by atoms with Gasteiger partial charge >= 0.3 is 17.9 Å². The maximum Gasteiger partial charge on any atom is 0.352 e. The lowest BCUT2D eigenvalue weighted by atomic mass is 9.45. The Bertz CT molecular complexity index is 2640. The molecule has 4 unspecified atom stereocenters. The van der Waals surface area contributed by atoms with Crippen molar-refractivity contribution in [2.45, 2.75) is 117 Å². The molecule has 4 aliphatic carbocycles. The first-order valence-corrected chi connectivity index (χ1v) is 23.3. The molecule has 2 aromatic heterocycles. The number of ketones is 1. The fourth-order valence-electron chi connectivity index (χ4n) is 12.9. The highest BCUT2D eigenvalue weighted by Gasteiger charge is 2.60. The van der Waals surface area contributed by atoms with Crippen molar-refractivity contribution in [2.75, 3.05) is 19.7 Å². The molecule has 64 heavy (non-hydrogen) atoms. The predicted octanol–water partition coefficient (Wildman–Crippen LogP) is 7.83. The monoisotopic (exact) mass is 871 g/mol. The van der Waals surface area contributed by atoms with E-state index in [0.717, 1.165) is 87.4 Å². The number of carbonyl (C=O) groups is 4. The minimum Gasteiger partial charge on any atom is -0.508 e. The van der Waals surface area contributed by atoms with Crippen LogP contribution in [-0.2, 0) is 48.3 Å². The summed E-state index contributed by atoms with van der Waals surface area (Å²) in [5.41, 5.74) is 3.84. The highest BCUT2D eigenvalue weighted by Crippen LogP contribution is 2.65. The summed E-state index contributed by atoms with van der Waals surface area (Å²) in [5.74, 6) is 1.19. The Hall–Kier alpha value is -5.56. The number of phenols is 1. The largest absolute Gasteiger partial charge is 0.508 e. The number of benzene rings is 2. The summed E-state index contributed by atoms with van der Waals surface area (Å²) in [7, 11) is 0. The highest BCUT2D eigenvalue weighted by molar-refractivity contribution is 5.90. The molecule has 2 aromatic carbocycles. The summed E-state index contributed by atoms with van der Waals surface area (Å²) in [6, 6.07) is 13.4. The van der Waals surface area contributed by atoms with E-state index in [9.17, 15) is 29.1 Å². The van der Waals surface area contributed by atoms with E-state index >= 15 is 0 Å². The molecule has 13 heteroatoms. The Morgan fingerprint density at radius 3 is 2.52 bits per heavy atom. The van der Waals surface area contributed by atoms with Crippen LogP contribution in [0, 0.1) is 34.5 Å². The second-order valence-electron chi connectivity index (χ2n) is 19.6. The quantitative estimate of drug-likeness (QED) is 0.107. The number of esters is 3. The third-order valence-electron chi connectivity index (χ3n) is 16.6. The van der Waals surface area contributed by atoms with E-state index in [2.05, 4.69) is 32.6 Å². The molecule has 4 saturated carbocycles. The minimum absolute atomic E-state index is 0.128. The zero-order chi connectivity index (χ0) is 44.7. The van der Waals surface area contributed by atoms with Gasteiger partial charge in [-0.1, -0.05) is 27.7 Å². The molecule has 2 aliphatic heterocycles. The van der Waals surface area contributed by atoms with Crippen LogP contribution in [0.3, 0.4) is 0 Å². The number of cyclic esters (lactones) is 1. The maximum atomic E-state index is 13.9. The average Bonchev–Trinajstić information content (AvgIpc) is 3.81. The zero-order valence-corrected chi connectivity index (χ0v) is 37.2. The molecule has 336 valence electrons. The van der Waals surface area contributed by atoms with Gasteiger partial charge in [0, 0.05) is 40.5 Å². The second kappa shape index (κ2) is 16.2. The van der Waals surface area contributed by atoms with Crippen molar-refractivity contribution >= 4 is 34.6 Å². The number of pyridine rings is 2. The van der Waals surface area contributed by atoms with Gasteiger partial charge in [-0.2, -0.15) is 0 Å².